The van der Waals surface area contributed by atoms with E-state index in [4.69, 9.17) is 4.74 Å². The van der Waals surface area contributed by atoms with Crippen molar-refractivity contribution in [2.75, 3.05) is 12.4 Å². The van der Waals surface area contributed by atoms with Gasteiger partial charge in [-0.2, -0.15) is 5.10 Å². The highest BCUT2D eigenvalue weighted by atomic mass is 32.2. The van der Waals surface area contributed by atoms with Crippen LogP contribution < -0.4 is 0 Å². The van der Waals surface area contributed by atoms with E-state index in [1.165, 1.54) is 0 Å². The van der Waals surface area contributed by atoms with Crippen molar-refractivity contribution < 1.29 is 9.84 Å². The summed E-state index contributed by atoms with van der Waals surface area (Å²) in [4.78, 5) is 0. The molecular weight excluding hydrogens is 224 g/mol. The maximum absolute atomic E-state index is 9.68. The Morgan fingerprint density at radius 1 is 1.56 bits per heavy atom. The van der Waals surface area contributed by atoms with Gasteiger partial charge >= 0.3 is 0 Å². The van der Waals surface area contributed by atoms with Crippen molar-refractivity contribution in [3.8, 4) is 0 Å². The number of aryl methyl sites for hydroxylation is 2. The molecule has 92 valence electrons. The predicted octanol–water partition coefficient (Wildman–Crippen LogP) is 1.61. The van der Waals surface area contributed by atoms with E-state index in [-0.39, 0.29) is 6.10 Å². The Bertz CT molecular complexity index is 326. The molecule has 1 aromatic rings. The molecule has 1 N–H and O–H groups in total. The number of aliphatic hydroxyl groups excluding tert-OH is 1. The lowest BCUT2D eigenvalue weighted by atomic mass is 10.4. The molecule has 0 spiro atoms. The van der Waals surface area contributed by atoms with Crippen LogP contribution in [0.25, 0.3) is 0 Å². The zero-order chi connectivity index (χ0) is 12.1. The quantitative estimate of drug-likeness (QED) is 0.772. The highest BCUT2D eigenvalue weighted by Crippen LogP contribution is 2.19. The van der Waals surface area contributed by atoms with Crippen LogP contribution in [-0.4, -0.2) is 39.5 Å². The molecule has 0 aliphatic rings. The van der Waals surface area contributed by atoms with Crippen molar-refractivity contribution in [1.29, 1.82) is 0 Å². The van der Waals surface area contributed by atoms with Crippen molar-refractivity contribution in [1.82, 2.24) is 9.78 Å². The molecule has 16 heavy (non-hydrogen) atoms. The summed E-state index contributed by atoms with van der Waals surface area (Å²) in [6.07, 6.45) is -0.263. The van der Waals surface area contributed by atoms with Gasteiger partial charge in [0, 0.05) is 12.8 Å². The minimum Gasteiger partial charge on any atom is -0.390 e. The van der Waals surface area contributed by atoms with E-state index in [9.17, 15) is 5.11 Å². The fraction of sp³-hybridized carbons (Fsp3) is 0.727. The van der Waals surface area contributed by atoms with Crippen LogP contribution in [-0.2, 0) is 11.8 Å². The second-order valence-electron chi connectivity index (χ2n) is 4.09. The molecule has 1 atom stereocenters. The summed E-state index contributed by atoms with van der Waals surface area (Å²) in [5.41, 5.74) is 0.998. The zero-order valence-electron chi connectivity index (χ0n) is 10.3. The molecular formula is C11H20N2O2S. The highest BCUT2D eigenvalue weighted by molar-refractivity contribution is 7.99. The van der Waals surface area contributed by atoms with Gasteiger partial charge in [-0.3, -0.25) is 4.68 Å². The smallest absolute Gasteiger partial charge is 0.0940 e. The number of thioether (sulfide) groups is 1. The molecule has 0 fully saturated rings. The van der Waals surface area contributed by atoms with Crippen molar-refractivity contribution in [3.05, 3.63) is 11.8 Å². The van der Waals surface area contributed by atoms with Gasteiger partial charge in [-0.15, -0.1) is 11.8 Å². The summed E-state index contributed by atoms with van der Waals surface area (Å²) < 4.78 is 7.17. The molecule has 0 aliphatic carbocycles. The molecule has 1 unspecified atom stereocenters. The first-order valence-corrected chi connectivity index (χ1v) is 6.40. The summed E-state index contributed by atoms with van der Waals surface area (Å²) >= 11 is 1.60. The van der Waals surface area contributed by atoms with Gasteiger partial charge in [0.15, 0.2) is 0 Å². The second-order valence-corrected chi connectivity index (χ2v) is 5.13. The largest absolute Gasteiger partial charge is 0.390 e. The van der Waals surface area contributed by atoms with Crippen LogP contribution in [0.1, 0.15) is 19.5 Å². The lowest BCUT2D eigenvalue weighted by Gasteiger charge is -2.12. The van der Waals surface area contributed by atoms with E-state index < -0.39 is 6.10 Å². The highest BCUT2D eigenvalue weighted by Gasteiger charge is 2.09. The van der Waals surface area contributed by atoms with Crippen molar-refractivity contribution in [2.45, 2.75) is 38.0 Å². The van der Waals surface area contributed by atoms with E-state index in [0.717, 1.165) is 10.7 Å². The summed E-state index contributed by atoms with van der Waals surface area (Å²) in [7, 11) is 1.91. The van der Waals surface area contributed by atoms with Crippen molar-refractivity contribution >= 4 is 11.8 Å². The van der Waals surface area contributed by atoms with Gasteiger partial charge in [0.1, 0.15) is 0 Å². The maximum atomic E-state index is 9.68. The lowest BCUT2D eigenvalue weighted by Crippen LogP contribution is -2.20. The van der Waals surface area contributed by atoms with Crippen LogP contribution in [0.15, 0.2) is 11.1 Å². The van der Waals surface area contributed by atoms with Crippen LogP contribution >= 0.6 is 11.8 Å². The average molecular weight is 244 g/mol. The third kappa shape index (κ3) is 4.55. The fourth-order valence-electron chi connectivity index (χ4n) is 1.26. The fourth-order valence-corrected chi connectivity index (χ4v) is 2.20. The second kappa shape index (κ2) is 6.27. The molecule has 0 saturated carbocycles. The first-order chi connectivity index (χ1) is 7.49. The molecule has 0 saturated heterocycles. The monoisotopic (exact) mass is 244 g/mol. The molecule has 1 rings (SSSR count). The Hall–Kier alpha value is -0.520. The number of nitrogens with zero attached hydrogens (tertiary/aromatic N) is 2. The van der Waals surface area contributed by atoms with Gasteiger partial charge in [0.05, 0.1) is 29.5 Å². The molecule has 5 heteroatoms. The van der Waals surface area contributed by atoms with Crippen LogP contribution in [0.2, 0.25) is 0 Å². The van der Waals surface area contributed by atoms with E-state index in [1.807, 2.05) is 38.6 Å². The van der Waals surface area contributed by atoms with Crippen molar-refractivity contribution in [2.24, 2.45) is 7.05 Å². The average Bonchev–Trinajstić information content (AvgIpc) is 2.51. The zero-order valence-corrected chi connectivity index (χ0v) is 11.1. The summed E-state index contributed by atoms with van der Waals surface area (Å²) in [5, 5.41) is 15.0. The van der Waals surface area contributed by atoms with Crippen LogP contribution in [0, 0.1) is 6.92 Å². The number of aliphatic hydroxyl groups is 1. The normalized spacial score (nSPS) is 13.4. The molecule has 1 heterocycles. The van der Waals surface area contributed by atoms with E-state index in [2.05, 4.69) is 5.10 Å². The third-order valence-corrected chi connectivity index (χ3v) is 3.23. The van der Waals surface area contributed by atoms with E-state index in [0.29, 0.717) is 12.4 Å². The summed E-state index contributed by atoms with van der Waals surface area (Å²) in [5.74, 6) is 0.631. The molecule has 4 nitrogen and oxygen atoms in total. The Kier molecular flexibility index (Phi) is 5.31. The summed E-state index contributed by atoms with van der Waals surface area (Å²) in [6, 6.07) is 2.01. The predicted molar refractivity (Wildman–Crippen MR) is 65.8 cm³/mol. The SMILES string of the molecule is Cc1cc(SCC(O)COC(C)C)n(C)n1. The number of aromatic nitrogens is 2. The Morgan fingerprint density at radius 2 is 2.25 bits per heavy atom. The van der Waals surface area contributed by atoms with Gasteiger partial charge in [-0.25, -0.2) is 0 Å². The lowest BCUT2D eigenvalue weighted by molar-refractivity contribution is 0.0152. The van der Waals surface area contributed by atoms with Gasteiger partial charge < -0.3 is 9.84 Å². The van der Waals surface area contributed by atoms with E-state index in [1.54, 1.807) is 11.8 Å². The minimum atomic E-state index is -0.428. The molecule has 1 aromatic heterocycles. The van der Waals surface area contributed by atoms with Crippen molar-refractivity contribution in [3.63, 3.8) is 0 Å². The Labute approximate surface area is 101 Å². The Balaban J connectivity index is 2.31. The first-order valence-electron chi connectivity index (χ1n) is 5.42. The van der Waals surface area contributed by atoms with Crippen LogP contribution in [0.4, 0.5) is 0 Å². The van der Waals surface area contributed by atoms with Crippen LogP contribution in [0.5, 0.6) is 0 Å². The Morgan fingerprint density at radius 3 is 2.75 bits per heavy atom. The molecule has 0 radical (unpaired) electrons. The number of ether oxygens (including phenoxy) is 1. The topological polar surface area (TPSA) is 47.3 Å². The molecule has 0 bridgehead atoms. The van der Waals surface area contributed by atoms with Gasteiger partial charge in [-0.1, -0.05) is 0 Å². The van der Waals surface area contributed by atoms with Gasteiger partial charge in [0.25, 0.3) is 0 Å². The molecule has 0 amide bonds. The summed E-state index contributed by atoms with van der Waals surface area (Å²) in [6.45, 7) is 6.28. The van der Waals surface area contributed by atoms with Gasteiger partial charge in [0.2, 0.25) is 0 Å². The van der Waals surface area contributed by atoms with Gasteiger partial charge in [-0.05, 0) is 26.8 Å². The molecule has 0 aromatic carbocycles. The number of hydrogen-bond acceptors (Lipinski definition) is 4. The number of rotatable bonds is 6. The van der Waals surface area contributed by atoms with E-state index >= 15 is 0 Å². The third-order valence-electron chi connectivity index (χ3n) is 2.00. The standard InChI is InChI=1S/C11H20N2O2S/c1-8(2)15-6-10(14)7-16-11-5-9(3)12-13(11)4/h5,8,10,14H,6-7H2,1-4H3. The maximum Gasteiger partial charge on any atom is 0.0940 e. The minimum absolute atomic E-state index is 0.165. The first kappa shape index (κ1) is 13.5. The van der Waals surface area contributed by atoms with Crippen LogP contribution in [0.3, 0.4) is 0 Å². The molecule has 0 aliphatic heterocycles. The number of hydrogen-bond donors (Lipinski definition) is 1.